The van der Waals surface area contributed by atoms with E-state index >= 15 is 0 Å². The Balaban J connectivity index is 0.000000196. The van der Waals surface area contributed by atoms with Gasteiger partial charge in [0.2, 0.25) is 0 Å². The Morgan fingerprint density at radius 2 is 1.50 bits per heavy atom. The maximum Gasteiger partial charge on any atom is 1.00 e. The van der Waals surface area contributed by atoms with Crippen molar-refractivity contribution >= 4 is 17.1 Å². The van der Waals surface area contributed by atoms with Gasteiger partial charge < -0.3 is 21.1 Å². The van der Waals surface area contributed by atoms with Crippen LogP contribution in [0.1, 0.15) is 14.3 Å². The van der Waals surface area contributed by atoms with Gasteiger partial charge >= 0.3 is 51.4 Å². The van der Waals surface area contributed by atoms with Crippen LogP contribution in [0.3, 0.4) is 0 Å². The van der Waals surface area contributed by atoms with E-state index in [1.54, 1.807) is 12.1 Å². The van der Waals surface area contributed by atoms with Crippen molar-refractivity contribution in [1.29, 1.82) is 0 Å². The molecule has 4 bridgehead atoms. The third-order valence-electron chi connectivity index (χ3n) is 6.04. The Morgan fingerprint density at radius 3 is 1.85 bits per heavy atom. The molecule has 0 saturated carbocycles. The zero-order chi connectivity index (χ0) is 23.4. The number of fused-ring (bicyclic) bond motifs is 4. The Morgan fingerprint density at radius 1 is 0.912 bits per heavy atom. The van der Waals surface area contributed by atoms with Crippen LogP contribution in [0.2, 0.25) is 0 Å². The Bertz CT molecular complexity index is 969. The molecule has 2 aromatic carbocycles. The molecule has 34 heavy (non-hydrogen) atoms. The van der Waals surface area contributed by atoms with Crippen molar-refractivity contribution in [3.8, 4) is 0 Å². The summed E-state index contributed by atoms with van der Waals surface area (Å²) in [5.74, 6) is -0.467. The smallest absolute Gasteiger partial charge is 1.00 e. The molecule has 4 aliphatic heterocycles. The second-order valence-corrected chi connectivity index (χ2v) is 8.30. The molecule has 6 rings (SSSR count). The number of nitrogens with zero attached hydrogens (tertiary/aromatic N) is 3. The van der Waals surface area contributed by atoms with Crippen molar-refractivity contribution in [2.24, 2.45) is 0 Å². The fourth-order valence-electron chi connectivity index (χ4n) is 4.33. The summed E-state index contributed by atoms with van der Waals surface area (Å²) in [5.41, 5.74) is 1.10. The van der Waals surface area contributed by atoms with Gasteiger partial charge in [-0.25, -0.2) is 4.39 Å². The number of ether oxygens (including phenoxy) is 2. The van der Waals surface area contributed by atoms with E-state index in [9.17, 15) is 24.6 Å². The fourth-order valence-corrected chi connectivity index (χ4v) is 4.33. The van der Waals surface area contributed by atoms with E-state index in [1.165, 1.54) is 6.42 Å². The first-order valence-corrected chi connectivity index (χ1v) is 10.8. The van der Waals surface area contributed by atoms with Gasteiger partial charge in [0, 0.05) is 49.1 Å². The summed E-state index contributed by atoms with van der Waals surface area (Å²) in [5, 5.41) is 23.9. The van der Waals surface area contributed by atoms with Gasteiger partial charge in [0.25, 0.3) is 11.4 Å². The summed E-state index contributed by atoms with van der Waals surface area (Å²) < 4.78 is 22.9. The number of anilines is 1. The second-order valence-electron chi connectivity index (χ2n) is 8.30. The molecule has 0 unspecified atom stereocenters. The van der Waals surface area contributed by atoms with Crippen molar-refractivity contribution in [1.82, 2.24) is 5.32 Å². The summed E-state index contributed by atoms with van der Waals surface area (Å²) in [7, 11) is 0. The molecule has 0 amide bonds. The van der Waals surface area contributed by atoms with Gasteiger partial charge in [-0.3, -0.25) is 20.2 Å². The average Bonchev–Trinajstić information content (AvgIpc) is 3.63. The Hall–Kier alpha value is -1.51. The first-order valence-electron chi connectivity index (χ1n) is 10.8. The topological polar surface area (TPSA) is 120 Å². The second kappa shape index (κ2) is 12.4. The van der Waals surface area contributed by atoms with Crippen LogP contribution in [0, 0.1) is 26.0 Å². The van der Waals surface area contributed by atoms with Crippen molar-refractivity contribution in [2.75, 3.05) is 31.2 Å². The summed E-state index contributed by atoms with van der Waals surface area (Å²) in [4.78, 5) is 21.9. The molecule has 10 nitrogen and oxygen atoms in total. The molecular formula is C22H26FKN4O6. The largest absolute Gasteiger partial charge is 1.00 e. The first kappa shape index (κ1) is 27.1. The fraction of sp³-hybridized carbons (Fsp3) is 0.455. The number of hydrogen-bond acceptors (Lipinski definition) is 8. The minimum atomic E-state index is -0.570. The quantitative estimate of drug-likeness (QED) is 0.360. The summed E-state index contributed by atoms with van der Waals surface area (Å²) in [6.45, 7) is 3.72. The number of nitrogens with one attached hydrogen (secondary N) is 1. The van der Waals surface area contributed by atoms with Gasteiger partial charge in [-0.2, -0.15) is 0 Å². The van der Waals surface area contributed by atoms with Crippen molar-refractivity contribution in [3.05, 3.63) is 74.6 Å². The molecule has 0 radical (unpaired) electrons. The summed E-state index contributed by atoms with van der Waals surface area (Å²) in [6, 6.07) is 12.2. The van der Waals surface area contributed by atoms with Gasteiger partial charge in [-0.1, -0.05) is 0 Å². The van der Waals surface area contributed by atoms with Gasteiger partial charge in [-0.05, 0) is 37.1 Å². The molecule has 4 atom stereocenters. The third-order valence-corrected chi connectivity index (χ3v) is 6.04. The van der Waals surface area contributed by atoms with Crippen LogP contribution in [-0.2, 0) is 9.47 Å². The van der Waals surface area contributed by atoms with E-state index < -0.39 is 10.7 Å². The van der Waals surface area contributed by atoms with Crippen LogP contribution in [-0.4, -0.2) is 60.4 Å². The van der Waals surface area contributed by atoms with Crippen LogP contribution in [0.5, 0.6) is 0 Å². The third kappa shape index (κ3) is 7.01. The molecular weight excluding hydrogens is 474 g/mol. The molecule has 1 N–H and O–H groups in total. The monoisotopic (exact) mass is 500 g/mol. The predicted molar refractivity (Wildman–Crippen MR) is 119 cm³/mol. The number of halogens is 1. The van der Waals surface area contributed by atoms with E-state index in [1.807, 2.05) is 12.1 Å². The number of nitro benzene ring substituents is 2. The molecule has 0 spiro atoms. The number of morpholine rings is 2. The van der Waals surface area contributed by atoms with Crippen LogP contribution < -0.4 is 61.6 Å². The zero-order valence-electron chi connectivity index (χ0n) is 19.8. The molecule has 4 fully saturated rings. The number of nitro groups is 2. The molecule has 4 heterocycles. The van der Waals surface area contributed by atoms with Crippen LogP contribution in [0.4, 0.5) is 21.5 Å². The molecule has 0 aromatic heterocycles. The van der Waals surface area contributed by atoms with Crippen molar-refractivity contribution in [3.63, 3.8) is 0 Å². The first-order chi connectivity index (χ1) is 15.9. The molecule has 4 saturated heterocycles. The van der Waals surface area contributed by atoms with E-state index in [2.05, 4.69) is 10.2 Å². The van der Waals surface area contributed by atoms with E-state index in [0.29, 0.717) is 24.3 Å². The normalized spacial score (nSPS) is 25.5. The van der Waals surface area contributed by atoms with Crippen LogP contribution in [0.15, 0.2) is 48.5 Å². The van der Waals surface area contributed by atoms with Crippen molar-refractivity contribution in [2.45, 2.75) is 37.1 Å². The molecule has 2 aromatic rings. The van der Waals surface area contributed by atoms with Gasteiger partial charge in [0.1, 0.15) is 5.82 Å². The molecule has 12 heteroatoms. The maximum atomic E-state index is 12.1. The minimum Gasteiger partial charge on any atom is -1.00 e. The standard InChI is InChI=1S/C11H12N2O3.C6H4FNO2.C5H9NO.K.H/c14-13(15)9-3-1-8(2-4-9)12-6-11-5-10(12)7-16-11;7-5-1-3-6(4-2-5)8(9)10;1-4-3-7-5(1)2-6-4;;/h1-4,10-11H,5-7H2;1-4H;4-6H,1-3H2;;/q;;;+1;-1/t10-,11-;;4-,5-;;/m1.1../s1. The van der Waals surface area contributed by atoms with Gasteiger partial charge in [0.15, 0.2) is 0 Å². The SMILES string of the molecule is C1O[C@H]2CN[C@@H]1C2.O=[N+]([O-])c1ccc(F)cc1.O=[N+]([O-])c1ccc(N2C[C@H]3C[C@@H]2CO3)cc1.[H-].[K+]. The van der Waals surface area contributed by atoms with Crippen LogP contribution >= 0.6 is 0 Å². The number of benzene rings is 2. The minimum absolute atomic E-state index is 0. The Labute approximate surface area is 240 Å². The number of rotatable bonds is 3. The summed E-state index contributed by atoms with van der Waals surface area (Å²) in [6.07, 6.45) is 3.24. The van der Waals surface area contributed by atoms with Crippen LogP contribution in [0.25, 0.3) is 0 Å². The zero-order valence-corrected chi connectivity index (χ0v) is 22.0. The molecule has 178 valence electrons. The Kier molecular flexibility index (Phi) is 9.91. The molecule has 4 aliphatic rings. The van der Waals surface area contributed by atoms with Crippen molar-refractivity contribution < 1.29 is 76.5 Å². The predicted octanol–water partition coefficient (Wildman–Crippen LogP) is 0.170. The molecule has 0 aliphatic carbocycles. The number of non-ortho nitro benzene ring substituents is 2. The maximum absolute atomic E-state index is 12.1. The van der Waals surface area contributed by atoms with Gasteiger partial charge in [0.05, 0.1) is 41.3 Å². The van der Waals surface area contributed by atoms with E-state index in [4.69, 9.17) is 9.47 Å². The average molecular weight is 501 g/mol. The van der Waals surface area contributed by atoms with Gasteiger partial charge in [-0.15, -0.1) is 0 Å². The number of hydrogen-bond donors (Lipinski definition) is 1. The summed E-state index contributed by atoms with van der Waals surface area (Å²) >= 11 is 0. The van der Waals surface area contributed by atoms with E-state index in [-0.39, 0.29) is 69.1 Å². The van der Waals surface area contributed by atoms with E-state index in [0.717, 1.165) is 62.7 Å².